The van der Waals surface area contributed by atoms with E-state index < -0.39 is 0 Å². The number of nitrogens with zero attached hydrogens (tertiary/aromatic N) is 7. The minimum absolute atomic E-state index is 0.154. The largest absolute Gasteiger partial charge is 0.495 e. The Morgan fingerprint density at radius 3 is 2.60 bits per heavy atom. The van der Waals surface area contributed by atoms with Gasteiger partial charge in [-0.3, -0.25) is 14.2 Å². The van der Waals surface area contributed by atoms with Crippen molar-refractivity contribution < 1.29 is 9.53 Å². The van der Waals surface area contributed by atoms with Crippen LogP contribution in [0.1, 0.15) is 12.5 Å². The molecular weight excluding hydrogens is 532 g/mol. The minimum Gasteiger partial charge on any atom is -0.495 e. The molecule has 0 unspecified atom stereocenters. The third-order valence-electron chi connectivity index (χ3n) is 7.97. The van der Waals surface area contributed by atoms with Crippen LogP contribution in [0.15, 0.2) is 72.2 Å². The van der Waals surface area contributed by atoms with Crippen molar-refractivity contribution in [2.75, 3.05) is 63.6 Å². The predicted octanol–water partition coefficient (Wildman–Crippen LogP) is 3.32. The number of carbonyl (C=O) groups excluding carboxylic acids is 1. The zero-order valence-electron chi connectivity index (χ0n) is 23.9. The fourth-order valence-electron chi connectivity index (χ4n) is 5.66. The van der Waals surface area contributed by atoms with Gasteiger partial charge in [-0.2, -0.15) is 4.98 Å². The number of hydrogen-bond donors (Lipinski definition) is 1. The number of rotatable bonds is 7. The number of hydrogen-bond acceptors (Lipinski definition) is 9. The summed E-state index contributed by atoms with van der Waals surface area (Å²) < 4.78 is 7.41. The van der Waals surface area contributed by atoms with Crippen molar-refractivity contribution >= 4 is 34.4 Å². The first-order valence-corrected chi connectivity index (χ1v) is 14.1. The van der Waals surface area contributed by atoms with Crippen LogP contribution in [0.5, 0.6) is 5.75 Å². The molecule has 2 saturated heterocycles. The first-order valence-electron chi connectivity index (χ1n) is 14.1. The highest BCUT2D eigenvalue weighted by molar-refractivity contribution is 5.87. The zero-order chi connectivity index (χ0) is 29.2. The summed E-state index contributed by atoms with van der Waals surface area (Å²) >= 11 is 0. The first-order chi connectivity index (χ1) is 20.4. The van der Waals surface area contributed by atoms with Gasteiger partial charge in [0.2, 0.25) is 11.9 Å². The number of fused-ring (bicyclic) bond motifs is 1. The van der Waals surface area contributed by atoms with Crippen LogP contribution >= 0.6 is 0 Å². The number of aromatic nitrogens is 4. The third-order valence-corrected chi connectivity index (χ3v) is 7.97. The standard InChI is InChI=1S/C31H34N8O3/c1-4-27(40)38-13-12-23(20-38)39-29-24(34-28(30(39)41)21-8-6-5-7-9-21)19-32-31(35-29)33-22-10-11-25(26(18-22)42-3)37-16-14-36(2)15-17-37/h4-11,18-19,23H,1,12-17,20H2,2-3H3,(H,32,33,35)/t23-/m0/s1. The number of methoxy groups -OCH3 is 1. The number of anilines is 3. The summed E-state index contributed by atoms with van der Waals surface area (Å²) in [7, 11) is 3.80. The molecule has 0 spiro atoms. The number of likely N-dealkylation sites (tertiary alicyclic amines) is 1. The summed E-state index contributed by atoms with van der Waals surface area (Å²) in [4.78, 5) is 46.6. The zero-order valence-corrected chi connectivity index (χ0v) is 23.9. The van der Waals surface area contributed by atoms with Crippen LogP contribution in [-0.2, 0) is 4.79 Å². The lowest BCUT2D eigenvalue weighted by Gasteiger charge is -2.34. The number of benzene rings is 2. The van der Waals surface area contributed by atoms with E-state index in [1.54, 1.807) is 22.8 Å². The fourth-order valence-corrected chi connectivity index (χ4v) is 5.66. The third kappa shape index (κ3) is 5.30. The Morgan fingerprint density at radius 2 is 1.86 bits per heavy atom. The van der Waals surface area contributed by atoms with Gasteiger partial charge >= 0.3 is 0 Å². The second kappa shape index (κ2) is 11.6. The molecule has 0 saturated carbocycles. The van der Waals surface area contributed by atoms with Gasteiger partial charge in [-0.05, 0) is 31.7 Å². The summed E-state index contributed by atoms with van der Waals surface area (Å²) in [6, 6.07) is 15.0. The molecule has 2 aromatic heterocycles. The quantitative estimate of drug-likeness (QED) is 0.337. The average Bonchev–Trinajstić information content (AvgIpc) is 3.51. The predicted molar refractivity (Wildman–Crippen MR) is 163 cm³/mol. The molecule has 1 N–H and O–H groups in total. The van der Waals surface area contributed by atoms with Crippen molar-refractivity contribution in [1.29, 1.82) is 0 Å². The highest BCUT2D eigenvalue weighted by atomic mass is 16.5. The molecule has 6 rings (SSSR count). The van der Waals surface area contributed by atoms with Crippen LogP contribution in [-0.4, -0.2) is 88.7 Å². The summed E-state index contributed by atoms with van der Waals surface area (Å²) in [5.41, 5.74) is 3.49. The van der Waals surface area contributed by atoms with Crippen molar-refractivity contribution in [3.05, 3.63) is 77.7 Å². The average molecular weight is 567 g/mol. The Kier molecular flexibility index (Phi) is 7.58. The highest BCUT2D eigenvalue weighted by Crippen LogP contribution is 2.33. The number of nitrogens with one attached hydrogen (secondary N) is 1. The maximum Gasteiger partial charge on any atom is 0.279 e. The lowest BCUT2D eigenvalue weighted by molar-refractivity contribution is -0.125. The van der Waals surface area contributed by atoms with Crippen LogP contribution in [0, 0.1) is 0 Å². The molecule has 4 heterocycles. The van der Waals surface area contributed by atoms with Gasteiger partial charge in [0.1, 0.15) is 17.0 Å². The van der Waals surface area contributed by atoms with Crippen molar-refractivity contribution in [1.82, 2.24) is 29.3 Å². The van der Waals surface area contributed by atoms with Crippen LogP contribution in [0.4, 0.5) is 17.3 Å². The van der Waals surface area contributed by atoms with Crippen LogP contribution in [0.2, 0.25) is 0 Å². The SMILES string of the molecule is C=CC(=O)N1CC[C@H](n2c(=O)c(-c3ccccc3)nc3cnc(Nc4ccc(N5CCN(C)CC5)c(OC)c4)nc32)C1. The van der Waals surface area contributed by atoms with Gasteiger partial charge in [0.15, 0.2) is 5.65 Å². The van der Waals surface area contributed by atoms with Gasteiger partial charge in [0.25, 0.3) is 5.56 Å². The van der Waals surface area contributed by atoms with Gasteiger partial charge in [-0.25, -0.2) is 9.97 Å². The lowest BCUT2D eigenvalue weighted by atomic mass is 10.1. The monoisotopic (exact) mass is 566 g/mol. The smallest absolute Gasteiger partial charge is 0.279 e. The topological polar surface area (TPSA) is 109 Å². The van der Waals surface area contributed by atoms with E-state index in [0.717, 1.165) is 43.3 Å². The van der Waals surface area contributed by atoms with Crippen LogP contribution in [0.3, 0.4) is 0 Å². The molecule has 0 bridgehead atoms. The van der Waals surface area contributed by atoms with E-state index in [4.69, 9.17) is 9.72 Å². The van der Waals surface area contributed by atoms with Crippen molar-refractivity contribution in [2.24, 2.45) is 0 Å². The van der Waals surface area contributed by atoms with E-state index in [1.807, 2.05) is 48.5 Å². The lowest BCUT2D eigenvalue weighted by Crippen LogP contribution is -2.44. The van der Waals surface area contributed by atoms with Gasteiger partial charge in [-0.15, -0.1) is 0 Å². The maximum atomic E-state index is 13.9. The molecule has 2 aliphatic heterocycles. The van der Waals surface area contributed by atoms with Crippen molar-refractivity contribution in [2.45, 2.75) is 12.5 Å². The van der Waals surface area contributed by atoms with Gasteiger partial charge < -0.3 is 24.8 Å². The Morgan fingerprint density at radius 1 is 1.07 bits per heavy atom. The second-order valence-electron chi connectivity index (χ2n) is 10.6. The molecule has 4 aromatic rings. The summed E-state index contributed by atoms with van der Waals surface area (Å²) in [6.45, 7) is 8.38. The van der Waals surface area contributed by atoms with E-state index in [-0.39, 0.29) is 17.5 Å². The number of carbonyl (C=O) groups is 1. The number of piperazine rings is 1. The molecule has 2 fully saturated rings. The minimum atomic E-state index is -0.264. The Labute approximate surface area is 244 Å². The molecule has 216 valence electrons. The van der Waals surface area contributed by atoms with E-state index in [9.17, 15) is 9.59 Å². The molecule has 42 heavy (non-hydrogen) atoms. The van der Waals surface area contributed by atoms with E-state index in [1.165, 1.54) is 6.08 Å². The van der Waals surface area contributed by atoms with Gasteiger partial charge in [0.05, 0.1) is 25.0 Å². The number of likely N-dealkylation sites (N-methyl/N-ethyl adjacent to an activating group) is 1. The normalized spacial score (nSPS) is 17.4. The molecule has 1 amide bonds. The number of amides is 1. The van der Waals surface area contributed by atoms with Gasteiger partial charge in [0, 0.05) is 56.6 Å². The molecule has 2 aromatic carbocycles. The molecule has 0 aliphatic carbocycles. The summed E-state index contributed by atoms with van der Waals surface area (Å²) in [5, 5.41) is 3.28. The molecule has 2 aliphatic rings. The maximum absolute atomic E-state index is 13.9. The Hall–Kier alpha value is -4.77. The molecule has 11 heteroatoms. The summed E-state index contributed by atoms with van der Waals surface area (Å²) in [5.74, 6) is 0.934. The Balaban J connectivity index is 1.37. The molecule has 0 radical (unpaired) electrons. The van der Waals surface area contributed by atoms with Crippen LogP contribution in [0.25, 0.3) is 22.4 Å². The highest BCUT2D eigenvalue weighted by Gasteiger charge is 2.30. The van der Waals surface area contributed by atoms with Crippen molar-refractivity contribution in [3.8, 4) is 17.0 Å². The van der Waals surface area contributed by atoms with E-state index in [2.05, 4.69) is 38.7 Å². The number of ether oxygens (including phenoxy) is 1. The Bertz CT molecular complexity index is 1680. The summed E-state index contributed by atoms with van der Waals surface area (Å²) in [6.07, 6.45) is 3.55. The molecular formula is C31H34N8O3. The van der Waals surface area contributed by atoms with Gasteiger partial charge in [-0.1, -0.05) is 36.9 Å². The molecule has 1 atom stereocenters. The van der Waals surface area contributed by atoms with E-state index in [0.29, 0.717) is 47.9 Å². The molecule has 11 nitrogen and oxygen atoms in total. The fraction of sp³-hybridized carbons (Fsp3) is 0.323. The van der Waals surface area contributed by atoms with E-state index >= 15 is 0 Å². The van der Waals surface area contributed by atoms with Crippen LogP contribution < -0.4 is 20.5 Å². The first kappa shape index (κ1) is 27.4. The van der Waals surface area contributed by atoms with Crippen molar-refractivity contribution in [3.63, 3.8) is 0 Å². The second-order valence-corrected chi connectivity index (χ2v) is 10.6.